The number of methoxy groups -OCH3 is 1. The normalized spacial score (nSPS) is 17.1. The van der Waals surface area contributed by atoms with E-state index < -0.39 is 36.2 Å². The Morgan fingerprint density at radius 1 is 0.971 bits per heavy atom. The van der Waals surface area contributed by atoms with Crippen molar-refractivity contribution in [3.05, 3.63) is 47.3 Å². The first-order valence-corrected chi connectivity index (χ1v) is 9.94. The van der Waals surface area contributed by atoms with Gasteiger partial charge in [0.2, 0.25) is 0 Å². The van der Waals surface area contributed by atoms with Gasteiger partial charge in [0.25, 0.3) is 0 Å². The van der Waals surface area contributed by atoms with E-state index in [2.05, 4.69) is 9.47 Å². The highest BCUT2D eigenvalue weighted by Crippen LogP contribution is 2.09. The molecule has 0 aromatic carbocycles. The van der Waals surface area contributed by atoms with Crippen molar-refractivity contribution in [1.82, 2.24) is 0 Å². The summed E-state index contributed by atoms with van der Waals surface area (Å²) in [5, 5.41) is 8.44. The van der Waals surface area contributed by atoms with Crippen molar-refractivity contribution in [3.63, 3.8) is 0 Å². The first kappa shape index (κ1) is 31.2. The van der Waals surface area contributed by atoms with Gasteiger partial charge in [-0.25, -0.2) is 14.4 Å². The molecule has 0 radical (unpaired) electrons. The molecular formula is C23H30O12. The molecule has 12 heteroatoms. The molecule has 2 aromatic rings. The van der Waals surface area contributed by atoms with Crippen LogP contribution in [0.15, 0.2) is 33.1 Å². The molecule has 1 saturated heterocycles. The second-order valence-electron chi connectivity index (χ2n) is 6.65. The highest BCUT2D eigenvalue weighted by Gasteiger charge is 2.32. The van der Waals surface area contributed by atoms with Crippen LogP contribution in [0.2, 0.25) is 0 Å². The Balaban J connectivity index is 0.000000509. The summed E-state index contributed by atoms with van der Waals surface area (Å²) in [7, 11) is 1.42. The standard InChI is InChI=1S/C10H12O5.C6H8O4.C6H6O3.CH4/c1-7(13-2)10(12)14-6-9-4-3-8(5-11)15-9;1-3-5(7)10-4(2)6(8)9-3;7-3-5-1-2-6(4-8)9-5;/h3-5,7H,6H2,1-2H3;3-4H,1-2H3;1-3,8H,4H2;1H4. The first-order valence-electron chi connectivity index (χ1n) is 9.94. The molecule has 3 rings (SSSR count). The summed E-state index contributed by atoms with van der Waals surface area (Å²) in [5.41, 5.74) is 0. The lowest BCUT2D eigenvalue weighted by Crippen LogP contribution is -2.40. The molecule has 194 valence electrons. The van der Waals surface area contributed by atoms with Crippen molar-refractivity contribution < 1.29 is 56.9 Å². The smallest absolute Gasteiger partial charge is 0.347 e. The monoisotopic (exact) mass is 498 g/mol. The van der Waals surface area contributed by atoms with E-state index in [9.17, 15) is 24.0 Å². The average molecular weight is 498 g/mol. The molecule has 0 saturated carbocycles. The number of carbonyl (C=O) groups is 5. The number of cyclic esters (lactones) is 2. The summed E-state index contributed by atoms with van der Waals surface area (Å²) in [4.78, 5) is 52.7. The zero-order valence-corrected chi connectivity index (χ0v) is 19.0. The fourth-order valence-electron chi connectivity index (χ4n) is 2.07. The molecule has 12 nitrogen and oxygen atoms in total. The largest absolute Gasteiger partial charge is 0.456 e. The molecule has 0 spiro atoms. The van der Waals surface area contributed by atoms with Crippen molar-refractivity contribution in [1.29, 1.82) is 0 Å². The van der Waals surface area contributed by atoms with E-state index in [0.29, 0.717) is 24.1 Å². The van der Waals surface area contributed by atoms with Crippen LogP contribution < -0.4 is 0 Å². The maximum absolute atomic E-state index is 11.2. The van der Waals surface area contributed by atoms with Crippen LogP contribution in [0.4, 0.5) is 0 Å². The lowest BCUT2D eigenvalue weighted by atomic mass is 10.3. The average Bonchev–Trinajstić information content (AvgIpc) is 3.50. The van der Waals surface area contributed by atoms with Gasteiger partial charge in [-0.2, -0.15) is 0 Å². The third-order valence-corrected chi connectivity index (χ3v) is 4.04. The van der Waals surface area contributed by atoms with Gasteiger partial charge >= 0.3 is 17.9 Å². The highest BCUT2D eigenvalue weighted by atomic mass is 16.6. The van der Waals surface area contributed by atoms with Crippen molar-refractivity contribution in [2.24, 2.45) is 0 Å². The fourth-order valence-corrected chi connectivity index (χ4v) is 2.07. The summed E-state index contributed by atoms with van der Waals surface area (Å²) >= 11 is 0. The number of hydrogen-bond acceptors (Lipinski definition) is 12. The predicted octanol–water partition coefficient (Wildman–Crippen LogP) is 2.25. The van der Waals surface area contributed by atoms with E-state index in [1.807, 2.05) is 0 Å². The molecule has 0 amide bonds. The summed E-state index contributed by atoms with van der Waals surface area (Å²) in [6.07, 6.45) is -0.916. The van der Waals surface area contributed by atoms with Gasteiger partial charge < -0.3 is 32.9 Å². The van der Waals surface area contributed by atoms with Crippen LogP contribution in [-0.2, 0) is 46.5 Å². The summed E-state index contributed by atoms with van der Waals surface area (Å²) in [6, 6.07) is 6.16. The zero-order chi connectivity index (χ0) is 25.7. The highest BCUT2D eigenvalue weighted by molar-refractivity contribution is 5.86. The molecule has 1 aliphatic rings. The van der Waals surface area contributed by atoms with Crippen LogP contribution in [0.5, 0.6) is 0 Å². The summed E-state index contributed by atoms with van der Waals surface area (Å²) < 4.78 is 28.6. The fraction of sp³-hybridized carbons (Fsp3) is 0.435. The van der Waals surface area contributed by atoms with Gasteiger partial charge in [-0.15, -0.1) is 0 Å². The van der Waals surface area contributed by atoms with Gasteiger partial charge in [-0.3, -0.25) is 9.59 Å². The number of aldehydes is 2. The van der Waals surface area contributed by atoms with Crippen LogP contribution >= 0.6 is 0 Å². The Bertz CT molecular complexity index is 937. The lowest BCUT2D eigenvalue weighted by Gasteiger charge is -2.22. The minimum absolute atomic E-state index is 0. The Morgan fingerprint density at radius 3 is 1.80 bits per heavy atom. The number of ether oxygens (including phenoxy) is 4. The van der Waals surface area contributed by atoms with Crippen molar-refractivity contribution >= 4 is 30.5 Å². The molecule has 1 N–H and O–H groups in total. The minimum Gasteiger partial charge on any atom is -0.456 e. The Morgan fingerprint density at radius 2 is 1.43 bits per heavy atom. The maximum Gasteiger partial charge on any atom is 0.347 e. The number of furan rings is 2. The predicted molar refractivity (Wildman–Crippen MR) is 118 cm³/mol. The third kappa shape index (κ3) is 10.8. The van der Waals surface area contributed by atoms with Crippen LogP contribution in [0.3, 0.4) is 0 Å². The Hall–Kier alpha value is -3.77. The number of carbonyl (C=O) groups excluding carboxylic acids is 5. The number of aliphatic hydroxyl groups is 1. The van der Waals surface area contributed by atoms with Gasteiger partial charge in [0.1, 0.15) is 24.7 Å². The Labute approximate surface area is 202 Å². The van der Waals surface area contributed by atoms with Crippen molar-refractivity contribution in [2.45, 2.75) is 59.7 Å². The second-order valence-corrected chi connectivity index (χ2v) is 6.65. The molecule has 0 bridgehead atoms. The van der Waals surface area contributed by atoms with Crippen molar-refractivity contribution in [2.75, 3.05) is 7.11 Å². The zero-order valence-electron chi connectivity index (χ0n) is 19.0. The molecule has 1 aliphatic heterocycles. The van der Waals surface area contributed by atoms with Gasteiger partial charge in [-0.1, -0.05) is 7.43 Å². The number of rotatable bonds is 7. The molecule has 0 aliphatic carbocycles. The number of hydrogen-bond donors (Lipinski definition) is 1. The van der Waals surface area contributed by atoms with E-state index in [0.717, 1.165) is 0 Å². The third-order valence-electron chi connectivity index (χ3n) is 4.04. The van der Waals surface area contributed by atoms with Gasteiger partial charge in [0.05, 0.1) is 0 Å². The Kier molecular flexibility index (Phi) is 14.2. The van der Waals surface area contributed by atoms with Crippen LogP contribution in [0.1, 0.15) is 60.8 Å². The van der Waals surface area contributed by atoms with Gasteiger partial charge in [-0.05, 0) is 45.0 Å². The molecule has 3 heterocycles. The quantitative estimate of drug-likeness (QED) is 0.336. The summed E-state index contributed by atoms with van der Waals surface area (Å²) in [5.74, 6) is -0.133. The van der Waals surface area contributed by atoms with Crippen LogP contribution in [-0.4, -0.2) is 61.0 Å². The molecule has 1 fully saturated rings. The topological polar surface area (TPSA) is 169 Å². The van der Waals surface area contributed by atoms with Crippen LogP contribution in [0, 0.1) is 0 Å². The van der Waals surface area contributed by atoms with E-state index in [-0.39, 0.29) is 32.2 Å². The van der Waals surface area contributed by atoms with Gasteiger partial charge in [0.15, 0.2) is 42.4 Å². The minimum atomic E-state index is -0.747. The van der Waals surface area contributed by atoms with Crippen molar-refractivity contribution in [3.8, 4) is 0 Å². The molecular weight excluding hydrogens is 468 g/mol. The maximum atomic E-state index is 11.2. The number of esters is 3. The van der Waals surface area contributed by atoms with Gasteiger partial charge in [0, 0.05) is 7.11 Å². The van der Waals surface area contributed by atoms with E-state index in [1.165, 1.54) is 33.1 Å². The lowest BCUT2D eigenvalue weighted by molar-refractivity contribution is -0.191. The van der Waals surface area contributed by atoms with E-state index >= 15 is 0 Å². The second kappa shape index (κ2) is 16.0. The number of aliphatic hydroxyl groups excluding tert-OH is 1. The van der Waals surface area contributed by atoms with E-state index in [1.54, 1.807) is 19.1 Å². The molecule has 3 unspecified atom stereocenters. The molecule has 2 aromatic heterocycles. The van der Waals surface area contributed by atoms with Crippen LogP contribution in [0.25, 0.3) is 0 Å². The first-order chi connectivity index (χ1) is 16.1. The summed E-state index contributed by atoms with van der Waals surface area (Å²) in [6.45, 7) is 4.38. The SMILES string of the molecule is C.CC1OC(=O)C(C)OC1=O.COC(C)C(=O)OCc1ccc(C=O)o1.O=Cc1ccc(CO)o1. The molecule has 35 heavy (non-hydrogen) atoms. The molecule has 3 atom stereocenters. The van der Waals surface area contributed by atoms with E-state index in [4.69, 9.17) is 23.4 Å².